The molecule has 0 aliphatic carbocycles. The van der Waals surface area contributed by atoms with Crippen molar-refractivity contribution < 1.29 is 25.2 Å². The van der Waals surface area contributed by atoms with Crippen molar-refractivity contribution in [2.45, 2.75) is 44.5 Å². The quantitative estimate of drug-likeness (QED) is 0.456. The van der Waals surface area contributed by atoms with Gasteiger partial charge in [-0.2, -0.15) is 0 Å². The lowest BCUT2D eigenvalue weighted by molar-refractivity contribution is -0.271. The van der Waals surface area contributed by atoms with Crippen LogP contribution in [0.4, 0.5) is 0 Å². The fourth-order valence-electron chi connectivity index (χ4n) is 2.12. The zero-order chi connectivity index (χ0) is 12.3. The first-order chi connectivity index (χ1) is 7.56. The van der Waals surface area contributed by atoms with Crippen molar-refractivity contribution in [1.29, 1.82) is 0 Å². The molecule has 1 fully saturated rings. The number of rotatable bonds is 4. The molecule has 0 aromatic carbocycles. The minimum absolute atomic E-state index is 0.430. The summed E-state index contributed by atoms with van der Waals surface area (Å²) in [6.07, 6.45) is -4.44. The van der Waals surface area contributed by atoms with E-state index in [1.807, 2.05) is 18.7 Å². The molecule has 6 nitrogen and oxygen atoms in total. The van der Waals surface area contributed by atoms with Gasteiger partial charge in [-0.15, -0.1) is 0 Å². The number of aliphatic hydroxyl groups excluding tert-OH is 4. The molecule has 16 heavy (non-hydrogen) atoms. The van der Waals surface area contributed by atoms with Crippen LogP contribution < -0.4 is 0 Å². The van der Waals surface area contributed by atoms with Crippen LogP contribution in [0.3, 0.4) is 0 Å². The lowest BCUT2D eigenvalue weighted by Crippen LogP contribution is -2.64. The smallest absolute Gasteiger partial charge is 0.173 e. The minimum Gasteiger partial charge on any atom is -0.394 e. The summed E-state index contributed by atoms with van der Waals surface area (Å²) in [4.78, 5) is 1.81. The number of ether oxygens (including phenoxy) is 1. The maximum Gasteiger partial charge on any atom is 0.173 e. The summed E-state index contributed by atoms with van der Waals surface area (Å²) in [5, 5.41) is 38.3. The summed E-state index contributed by atoms with van der Waals surface area (Å²) in [5.41, 5.74) is 0. The Morgan fingerprint density at radius 3 is 2.06 bits per heavy atom. The first kappa shape index (κ1) is 13.8. The standard InChI is InChI=1S/C10H21NO5/c1-3-11(4-2)7-9(14)8(13)6(5-12)16-10(7)15/h6-10,12-15H,3-5H2,1-2H3/t6-,7+,8-,9+,10-/m1/s1. The molecule has 1 aliphatic heterocycles. The highest BCUT2D eigenvalue weighted by molar-refractivity contribution is 4.93. The lowest BCUT2D eigenvalue weighted by atomic mass is 9.96. The molecule has 4 N–H and O–H groups in total. The largest absolute Gasteiger partial charge is 0.394 e. The highest BCUT2D eigenvalue weighted by Gasteiger charge is 2.45. The van der Waals surface area contributed by atoms with Crippen LogP contribution in [0, 0.1) is 0 Å². The topological polar surface area (TPSA) is 93.4 Å². The van der Waals surface area contributed by atoms with Gasteiger partial charge in [-0.25, -0.2) is 0 Å². The third kappa shape index (κ3) is 2.53. The molecular weight excluding hydrogens is 214 g/mol. The Balaban J connectivity index is 2.78. The second-order valence-electron chi connectivity index (χ2n) is 3.94. The van der Waals surface area contributed by atoms with E-state index in [0.29, 0.717) is 13.1 Å². The number of likely N-dealkylation sites (N-methyl/N-ethyl adjacent to an activating group) is 1. The number of hydrogen-bond acceptors (Lipinski definition) is 6. The summed E-state index contributed by atoms with van der Waals surface area (Å²) >= 11 is 0. The fourth-order valence-corrected chi connectivity index (χ4v) is 2.12. The first-order valence-electron chi connectivity index (χ1n) is 5.61. The van der Waals surface area contributed by atoms with Gasteiger partial charge >= 0.3 is 0 Å². The van der Waals surface area contributed by atoms with Crippen LogP contribution in [0.5, 0.6) is 0 Å². The zero-order valence-corrected chi connectivity index (χ0v) is 9.65. The lowest BCUT2D eigenvalue weighted by Gasteiger charge is -2.44. The van der Waals surface area contributed by atoms with Gasteiger partial charge in [0.15, 0.2) is 6.29 Å². The van der Waals surface area contributed by atoms with E-state index in [4.69, 9.17) is 9.84 Å². The normalized spacial score (nSPS) is 40.3. The predicted octanol–water partition coefficient (Wildman–Crippen LogP) is -1.87. The predicted molar refractivity (Wildman–Crippen MR) is 56.7 cm³/mol. The van der Waals surface area contributed by atoms with Crippen molar-refractivity contribution in [2.24, 2.45) is 0 Å². The number of nitrogens with zero attached hydrogens (tertiary/aromatic N) is 1. The van der Waals surface area contributed by atoms with Gasteiger partial charge in [-0.05, 0) is 13.1 Å². The monoisotopic (exact) mass is 235 g/mol. The summed E-state index contributed by atoms with van der Waals surface area (Å²) in [7, 11) is 0. The number of aliphatic hydroxyl groups is 4. The van der Waals surface area contributed by atoms with E-state index in [2.05, 4.69) is 0 Å². The van der Waals surface area contributed by atoms with Crippen molar-refractivity contribution in [3.05, 3.63) is 0 Å². The van der Waals surface area contributed by atoms with Crippen molar-refractivity contribution in [3.63, 3.8) is 0 Å². The molecule has 0 radical (unpaired) electrons. The molecule has 0 amide bonds. The van der Waals surface area contributed by atoms with E-state index < -0.39 is 37.3 Å². The van der Waals surface area contributed by atoms with E-state index in [0.717, 1.165) is 0 Å². The maximum atomic E-state index is 9.90. The van der Waals surface area contributed by atoms with Crippen LogP contribution in [-0.4, -0.2) is 75.7 Å². The molecular formula is C10H21NO5. The molecule has 0 saturated carbocycles. The van der Waals surface area contributed by atoms with Crippen molar-refractivity contribution in [1.82, 2.24) is 4.90 Å². The van der Waals surface area contributed by atoms with Gasteiger partial charge in [0.1, 0.15) is 18.3 Å². The Morgan fingerprint density at radius 1 is 1.06 bits per heavy atom. The number of hydrogen-bond donors (Lipinski definition) is 4. The van der Waals surface area contributed by atoms with Crippen LogP contribution in [0.1, 0.15) is 13.8 Å². The van der Waals surface area contributed by atoms with E-state index in [1.165, 1.54) is 0 Å². The molecule has 0 unspecified atom stereocenters. The third-order valence-corrected chi connectivity index (χ3v) is 3.10. The van der Waals surface area contributed by atoms with E-state index in [-0.39, 0.29) is 0 Å². The molecule has 1 rings (SSSR count). The molecule has 96 valence electrons. The molecule has 5 atom stereocenters. The van der Waals surface area contributed by atoms with E-state index >= 15 is 0 Å². The van der Waals surface area contributed by atoms with Gasteiger partial charge in [-0.3, -0.25) is 4.90 Å². The minimum atomic E-state index is -1.20. The van der Waals surface area contributed by atoms with Crippen LogP contribution in [-0.2, 0) is 4.74 Å². The third-order valence-electron chi connectivity index (χ3n) is 3.10. The molecule has 0 bridgehead atoms. The van der Waals surface area contributed by atoms with Gasteiger partial charge in [0, 0.05) is 0 Å². The van der Waals surface area contributed by atoms with E-state index in [9.17, 15) is 15.3 Å². The average molecular weight is 235 g/mol. The summed E-state index contributed by atoms with van der Waals surface area (Å²) in [6.45, 7) is 4.63. The summed E-state index contributed by atoms with van der Waals surface area (Å²) in [5.74, 6) is 0. The Kier molecular flexibility index (Phi) is 5.10. The second kappa shape index (κ2) is 5.90. The average Bonchev–Trinajstić information content (AvgIpc) is 2.29. The molecule has 0 spiro atoms. The van der Waals surface area contributed by atoms with Crippen molar-refractivity contribution in [2.75, 3.05) is 19.7 Å². The van der Waals surface area contributed by atoms with Gasteiger partial charge in [0.05, 0.1) is 12.6 Å². The molecule has 0 aromatic rings. The Bertz CT molecular complexity index is 211. The fraction of sp³-hybridized carbons (Fsp3) is 1.00. The Hall–Kier alpha value is -0.240. The molecule has 0 aromatic heterocycles. The van der Waals surface area contributed by atoms with Gasteiger partial charge in [0.2, 0.25) is 0 Å². The Morgan fingerprint density at radius 2 is 1.62 bits per heavy atom. The van der Waals surface area contributed by atoms with Gasteiger partial charge in [-0.1, -0.05) is 13.8 Å². The van der Waals surface area contributed by atoms with Gasteiger partial charge in [0.25, 0.3) is 0 Å². The Labute approximate surface area is 95.1 Å². The van der Waals surface area contributed by atoms with Crippen molar-refractivity contribution >= 4 is 0 Å². The SMILES string of the molecule is CCN(CC)[C@H]1[C@H](O)[C@H](O)[C@@H](CO)O[C@H]1O. The van der Waals surface area contributed by atoms with Crippen molar-refractivity contribution in [3.8, 4) is 0 Å². The molecule has 6 heteroatoms. The van der Waals surface area contributed by atoms with E-state index in [1.54, 1.807) is 0 Å². The van der Waals surface area contributed by atoms with Crippen LogP contribution >= 0.6 is 0 Å². The van der Waals surface area contributed by atoms with Gasteiger partial charge < -0.3 is 25.2 Å². The molecule has 1 aliphatic rings. The zero-order valence-electron chi connectivity index (χ0n) is 9.65. The maximum absolute atomic E-state index is 9.90. The van der Waals surface area contributed by atoms with Crippen LogP contribution in [0.15, 0.2) is 0 Å². The summed E-state index contributed by atoms with van der Waals surface area (Å²) in [6, 6.07) is -0.659. The van der Waals surface area contributed by atoms with Crippen LogP contribution in [0.2, 0.25) is 0 Å². The van der Waals surface area contributed by atoms with Crippen LogP contribution in [0.25, 0.3) is 0 Å². The molecule has 1 heterocycles. The summed E-state index contributed by atoms with van der Waals surface area (Å²) < 4.78 is 5.07. The molecule has 1 saturated heterocycles. The highest BCUT2D eigenvalue weighted by atomic mass is 16.6. The second-order valence-corrected chi connectivity index (χ2v) is 3.94. The highest BCUT2D eigenvalue weighted by Crippen LogP contribution is 2.23. The first-order valence-corrected chi connectivity index (χ1v) is 5.61.